The maximum Gasteiger partial charge on any atom is 0.0601 e. The SMILES string of the molecule is CC(C)(C)c1cc(C(C)(C)C)c(P(O)C2CC2)c(C(C)(C)C)c1. The van der Waals surface area contributed by atoms with E-state index in [0.717, 1.165) is 0 Å². The topological polar surface area (TPSA) is 20.2 Å². The van der Waals surface area contributed by atoms with Crippen LogP contribution in [-0.2, 0) is 16.2 Å². The molecule has 1 nitrogen and oxygen atoms in total. The van der Waals surface area contributed by atoms with Crippen molar-refractivity contribution in [2.24, 2.45) is 0 Å². The van der Waals surface area contributed by atoms with Crippen molar-refractivity contribution >= 4 is 13.5 Å². The van der Waals surface area contributed by atoms with Crippen molar-refractivity contribution in [3.63, 3.8) is 0 Å². The van der Waals surface area contributed by atoms with Crippen molar-refractivity contribution in [2.45, 2.75) is 97.1 Å². The molecule has 1 aromatic carbocycles. The Morgan fingerprint density at radius 2 is 1.17 bits per heavy atom. The van der Waals surface area contributed by atoms with Gasteiger partial charge in [0, 0.05) is 11.0 Å². The molecule has 1 saturated carbocycles. The van der Waals surface area contributed by atoms with E-state index in [0.29, 0.717) is 5.66 Å². The Balaban J connectivity index is 2.79. The maximum atomic E-state index is 11.1. The number of hydrogen-bond donors (Lipinski definition) is 1. The molecular weight excluding hydrogens is 299 g/mol. The van der Waals surface area contributed by atoms with Crippen LogP contribution in [0.2, 0.25) is 0 Å². The van der Waals surface area contributed by atoms with Gasteiger partial charge in [0.05, 0.1) is 8.15 Å². The molecule has 1 aliphatic rings. The first kappa shape index (κ1) is 18.9. The Bertz CT molecular complexity index is 542. The Kier molecular flexibility index (Phi) is 4.82. The molecule has 1 unspecified atom stereocenters. The molecule has 0 radical (unpaired) electrons. The van der Waals surface area contributed by atoms with E-state index in [1.54, 1.807) is 0 Å². The Morgan fingerprint density at radius 3 is 1.43 bits per heavy atom. The van der Waals surface area contributed by atoms with Gasteiger partial charge in [-0.3, -0.25) is 0 Å². The number of hydrogen-bond acceptors (Lipinski definition) is 1. The molecule has 0 spiro atoms. The first-order chi connectivity index (χ1) is 10.2. The lowest BCUT2D eigenvalue weighted by molar-refractivity contribution is 0.550. The van der Waals surface area contributed by atoms with Crippen LogP contribution in [0.3, 0.4) is 0 Å². The predicted octanol–water partition coefficient (Wildman–Crippen LogP) is 5.76. The lowest BCUT2D eigenvalue weighted by atomic mass is 9.75. The molecule has 130 valence electrons. The van der Waals surface area contributed by atoms with Crippen molar-refractivity contribution in [3.05, 3.63) is 28.8 Å². The molecule has 0 saturated heterocycles. The molecule has 1 atom stereocenters. The van der Waals surface area contributed by atoms with Crippen LogP contribution in [0.15, 0.2) is 12.1 Å². The molecule has 0 aromatic heterocycles. The van der Waals surface area contributed by atoms with E-state index >= 15 is 0 Å². The van der Waals surface area contributed by atoms with Crippen molar-refractivity contribution in [2.75, 3.05) is 0 Å². The average Bonchev–Trinajstić information content (AvgIpc) is 3.17. The summed E-state index contributed by atoms with van der Waals surface area (Å²) >= 11 is 0. The minimum Gasteiger partial charge on any atom is -0.369 e. The van der Waals surface area contributed by atoms with Gasteiger partial charge in [-0.25, -0.2) is 0 Å². The highest BCUT2D eigenvalue weighted by Gasteiger charge is 2.38. The van der Waals surface area contributed by atoms with Gasteiger partial charge in [0.2, 0.25) is 0 Å². The lowest BCUT2D eigenvalue weighted by Gasteiger charge is -2.35. The van der Waals surface area contributed by atoms with Gasteiger partial charge in [-0.2, -0.15) is 0 Å². The number of benzene rings is 1. The van der Waals surface area contributed by atoms with Crippen LogP contribution in [0, 0.1) is 0 Å². The first-order valence-electron chi connectivity index (χ1n) is 8.90. The summed E-state index contributed by atoms with van der Waals surface area (Å²) < 4.78 is 0. The third kappa shape index (κ3) is 4.18. The van der Waals surface area contributed by atoms with Gasteiger partial charge < -0.3 is 4.89 Å². The standard InChI is InChI=1S/C21H35OP/c1-19(2,3)14-12-16(20(4,5)6)18(23(22)15-10-11-15)17(13-14)21(7,8)9/h12-13,15,22H,10-11H2,1-9H3. The zero-order valence-electron chi connectivity index (χ0n) is 16.5. The molecule has 0 aliphatic heterocycles. The summed E-state index contributed by atoms with van der Waals surface area (Å²) in [5.41, 5.74) is 4.84. The number of rotatable bonds is 2. The summed E-state index contributed by atoms with van der Waals surface area (Å²) in [6, 6.07) is 4.75. The largest absolute Gasteiger partial charge is 0.369 e. The molecule has 2 rings (SSSR count). The Morgan fingerprint density at radius 1 is 0.783 bits per heavy atom. The Labute approximate surface area is 144 Å². The van der Waals surface area contributed by atoms with Crippen molar-refractivity contribution < 1.29 is 4.89 Å². The van der Waals surface area contributed by atoms with E-state index in [1.807, 2.05) is 0 Å². The molecule has 23 heavy (non-hydrogen) atoms. The fourth-order valence-electron chi connectivity index (χ4n) is 2.96. The third-order valence-electron chi connectivity index (χ3n) is 4.71. The van der Waals surface area contributed by atoms with Gasteiger partial charge in [-0.05, 0) is 45.8 Å². The molecular formula is C21H35OP. The van der Waals surface area contributed by atoms with Gasteiger partial charge in [0.1, 0.15) is 0 Å². The van der Waals surface area contributed by atoms with E-state index in [-0.39, 0.29) is 16.2 Å². The zero-order valence-corrected chi connectivity index (χ0v) is 17.4. The second-order valence-electron chi connectivity index (χ2n) is 10.2. The average molecular weight is 334 g/mol. The fourth-order valence-corrected chi connectivity index (χ4v) is 5.26. The normalized spacial score (nSPS) is 18.2. The molecule has 1 N–H and O–H groups in total. The van der Waals surface area contributed by atoms with Gasteiger partial charge in [0.15, 0.2) is 0 Å². The molecule has 0 amide bonds. The Hall–Kier alpha value is -0.390. The van der Waals surface area contributed by atoms with Crippen LogP contribution in [-0.4, -0.2) is 10.6 Å². The molecule has 2 heteroatoms. The summed E-state index contributed by atoms with van der Waals surface area (Å²) in [4.78, 5) is 11.1. The van der Waals surface area contributed by atoms with Gasteiger partial charge in [0.25, 0.3) is 0 Å². The van der Waals surface area contributed by atoms with E-state index in [1.165, 1.54) is 34.8 Å². The van der Waals surface area contributed by atoms with E-state index in [9.17, 15) is 4.89 Å². The summed E-state index contributed by atoms with van der Waals surface area (Å²) in [6.07, 6.45) is 2.38. The highest BCUT2D eigenvalue weighted by Crippen LogP contribution is 2.53. The van der Waals surface area contributed by atoms with Crippen molar-refractivity contribution in [1.29, 1.82) is 0 Å². The smallest absolute Gasteiger partial charge is 0.0601 e. The van der Waals surface area contributed by atoms with Crippen LogP contribution in [0.1, 0.15) is 91.8 Å². The lowest BCUT2D eigenvalue weighted by Crippen LogP contribution is -2.32. The van der Waals surface area contributed by atoms with Gasteiger partial charge >= 0.3 is 0 Å². The minimum absolute atomic E-state index is 0.0504. The highest BCUT2D eigenvalue weighted by molar-refractivity contribution is 7.61. The molecule has 1 fully saturated rings. The fraction of sp³-hybridized carbons (Fsp3) is 0.714. The molecule has 0 heterocycles. The van der Waals surface area contributed by atoms with Crippen molar-refractivity contribution in [1.82, 2.24) is 0 Å². The molecule has 1 aliphatic carbocycles. The monoisotopic (exact) mass is 334 g/mol. The highest BCUT2D eigenvalue weighted by atomic mass is 31.1. The van der Waals surface area contributed by atoms with Gasteiger partial charge in [-0.1, -0.05) is 74.4 Å². The predicted molar refractivity (Wildman–Crippen MR) is 104 cm³/mol. The maximum absolute atomic E-state index is 11.1. The molecule has 0 bridgehead atoms. The first-order valence-corrected chi connectivity index (χ1v) is 10.3. The summed E-state index contributed by atoms with van der Waals surface area (Å²) in [7, 11) is -1.04. The summed E-state index contributed by atoms with van der Waals surface area (Å²) in [5, 5.41) is 1.27. The van der Waals surface area contributed by atoms with Crippen LogP contribution >= 0.6 is 8.15 Å². The quantitative estimate of drug-likeness (QED) is 0.682. The van der Waals surface area contributed by atoms with E-state index in [4.69, 9.17) is 0 Å². The van der Waals surface area contributed by atoms with Crippen LogP contribution < -0.4 is 5.30 Å². The second kappa shape index (κ2) is 5.85. The minimum atomic E-state index is -1.04. The van der Waals surface area contributed by atoms with Crippen molar-refractivity contribution in [3.8, 4) is 0 Å². The summed E-state index contributed by atoms with van der Waals surface area (Å²) in [6.45, 7) is 20.5. The van der Waals surface area contributed by atoms with Crippen LogP contribution in [0.4, 0.5) is 0 Å². The van der Waals surface area contributed by atoms with E-state index in [2.05, 4.69) is 74.4 Å². The van der Waals surface area contributed by atoms with Crippen LogP contribution in [0.5, 0.6) is 0 Å². The van der Waals surface area contributed by atoms with Gasteiger partial charge in [-0.15, -0.1) is 0 Å². The van der Waals surface area contributed by atoms with E-state index < -0.39 is 8.15 Å². The second-order valence-corrected chi connectivity index (χ2v) is 12.1. The molecule has 1 aromatic rings. The third-order valence-corrected chi connectivity index (χ3v) is 6.86. The van der Waals surface area contributed by atoms with Crippen LogP contribution in [0.25, 0.3) is 0 Å². The summed E-state index contributed by atoms with van der Waals surface area (Å²) in [5.74, 6) is 0. The zero-order chi connectivity index (χ0) is 17.8.